The van der Waals surface area contributed by atoms with Crippen molar-refractivity contribution in [2.45, 2.75) is 38.1 Å². The van der Waals surface area contributed by atoms with Gasteiger partial charge in [0.25, 0.3) is 0 Å². The largest absolute Gasteiger partial charge is 0.469 e. The molecule has 1 aliphatic carbocycles. The zero-order valence-corrected chi connectivity index (χ0v) is 12.7. The number of likely N-dealkylation sites (tertiary alicyclic amines) is 1. The molecule has 2 unspecified atom stereocenters. The van der Waals surface area contributed by atoms with Crippen molar-refractivity contribution in [2.75, 3.05) is 26.7 Å². The minimum atomic E-state index is -0.755. The van der Waals surface area contributed by atoms with Crippen LogP contribution in [0.5, 0.6) is 0 Å². The number of nitrogens with one attached hydrogen (secondary N) is 1. The van der Waals surface area contributed by atoms with Gasteiger partial charge in [0, 0.05) is 6.54 Å². The number of ether oxygens (including phenoxy) is 1. The van der Waals surface area contributed by atoms with Gasteiger partial charge in [0.05, 0.1) is 25.6 Å². The molecule has 1 amide bonds. The summed E-state index contributed by atoms with van der Waals surface area (Å²) < 4.78 is 4.77. The van der Waals surface area contributed by atoms with Crippen molar-refractivity contribution < 1.29 is 14.3 Å². The fourth-order valence-corrected chi connectivity index (χ4v) is 2.97. The smallest absolute Gasteiger partial charge is 0.309 e. The molecule has 0 aromatic heterocycles. The van der Waals surface area contributed by atoms with Crippen LogP contribution in [0.1, 0.15) is 32.6 Å². The molecule has 6 heteroatoms. The number of carbonyl (C=O) groups excluding carboxylic acids is 2. The molecule has 1 heterocycles. The van der Waals surface area contributed by atoms with Crippen molar-refractivity contribution in [1.29, 1.82) is 5.26 Å². The highest BCUT2D eigenvalue weighted by Crippen LogP contribution is 2.39. The molecule has 2 rings (SSSR count). The number of nitriles is 1. The topological polar surface area (TPSA) is 82.4 Å². The van der Waals surface area contributed by atoms with Crippen molar-refractivity contribution in [3.8, 4) is 6.07 Å². The van der Waals surface area contributed by atoms with E-state index in [1.54, 1.807) is 6.92 Å². The first-order valence-electron chi connectivity index (χ1n) is 7.51. The average Bonchev–Trinajstić information content (AvgIpc) is 3.31. The number of hydrogen-bond acceptors (Lipinski definition) is 5. The molecular formula is C15H23N3O3. The van der Waals surface area contributed by atoms with Crippen LogP contribution in [-0.4, -0.2) is 49.1 Å². The standard InChI is InChI=1S/C15H23N3O3/c1-15(10-16,12-5-6-12)17-13(19)9-18-7-3-4-11(8-18)14(20)21-2/h11-12H,3-9H2,1-2H3,(H,17,19). The van der Waals surface area contributed by atoms with Gasteiger partial charge in [0.1, 0.15) is 5.54 Å². The van der Waals surface area contributed by atoms with Crippen LogP contribution in [0, 0.1) is 23.2 Å². The van der Waals surface area contributed by atoms with Gasteiger partial charge < -0.3 is 10.1 Å². The van der Waals surface area contributed by atoms with Crippen LogP contribution in [-0.2, 0) is 14.3 Å². The van der Waals surface area contributed by atoms with Crippen molar-refractivity contribution in [3.63, 3.8) is 0 Å². The van der Waals surface area contributed by atoms with Crippen LogP contribution in [0.2, 0.25) is 0 Å². The quantitative estimate of drug-likeness (QED) is 0.754. The van der Waals surface area contributed by atoms with Crippen molar-refractivity contribution >= 4 is 11.9 Å². The Bertz CT molecular complexity index is 456. The highest BCUT2D eigenvalue weighted by Gasteiger charge is 2.43. The Hall–Kier alpha value is -1.61. The lowest BCUT2D eigenvalue weighted by molar-refractivity contribution is -0.147. The molecule has 0 radical (unpaired) electrons. The van der Waals surface area contributed by atoms with Gasteiger partial charge in [-0.05, 0) is 45.1 Å². The molecule has 1 N–H and O–H groups in total. The summed E-state index contributed by atoms with van der Waals surface area (Å²) in [5, 5.41) is 12.1. The molecule has 1 saturated heterocycles. The first-order valence-corrected chi connectivity index (χ1v) is 7.51. The second kappa shape index (κ2) is 6.44. The number of hydrogen-bond donors (Lipinski definition) is 1. The molecule has 0 aromatic carbocycles. The first kappa shape index (κ1) is 15.8. The SMILES string of the molecule is COC(=O)C1CCCN(CC(=O)NC(C)(C#N)C2CC2)C1. The third-order valence-corrected chi connectivity index (χ3v) is 4.43. The number of methoxy groups -OCH3 is 1. The molecule has 116 valence electrons. The van der Waals surface area contributed by atoms with E-state index >= 15 is 0 Å². The predicted molar refractivity (Wildman–Crippen MR) is 76.1 cm³/mol. The minimum absolute atomic E-state index is 0.142. The maximum Gasteiger partial charge on any atom is 0.309 e. The monoisotopic (exact) mass is 293 g/mol. The van der Waals surface area contributed by atoms with Crippen LogP contribution in [0.25, 0.3) is 0 Å². The van der Waals surface area contributed by atoms with Crippen LogP contribution in [0.15, 0.2) is 0 Å². The molecule has 2 aliphatic rings. The number of piperidine rings is 1. The lowest BCUT2D eigenvalue weighted by atomic mass is 9.97. The molecule has 1 aliphatic heterocycles. The van der Waals surface area contributed by atoms with Gasteiger partial charge in [-0.25, -0.2) is 0 Å². The number of carbonyl (C=O) groups is 2. The molecule has 2 atom stereocenters. The van der Waals surface area contributed by atoms with E-state index in [4.69, 9.17) is 4.74 Å². The van der Waals surface area contributed by atoms with Gasteiger partial charge in [-0.15, -0.1) is 0 Å². The summed E-state index contributed by atoms with van der Waals surface area (Å²) in [6.45, 7) is 3.37. The molecule has 2 fully saturated rings. The van der Waals surface area contributed by atoms with Crippen LogP contribution in [0.4, 0.5) is 0 Å². The lowest BCUT2D eigenvalue weighted by Gasteiger charge is -2.32. The Kier molecular flexibility index (Phi) is 4.84. The van der Waals surface area contributed by atoms with E-state index in [0.29, 0.717) is 6.54 Å². The second-order valence-electron chi connectivity index (χ2n) is 6.23. The van der Waals surface area contributed by atoms with E-state index < -0.39 is 5.54 Å². The fraction of sp³-hybridized carbons (Fsp3) is 0.800. The zero-order valence-electron chi connectivity index (χ0n) is 12.7. The van der Waals surface area contributed by atoms with Crippen LogP contribution in [0.3, 0.4) is 0 Å². The van der Waals surface area contributed by atoms with Crippen molar-refractivity contribution in [2.24, 2.45) is 11.8 Å². The van der Waals surface area contributed by atoms with Gasteiger partial charge >= 0.3 is 5.97 Å². The van der Waals surface area contributed by atoms with Gasteiger partial charge in [0.15, 0.2) is 0 Å². The zero-order chi connectivity index (χ0) is 15.5. The van der Waals surface area contributed by atoms with Gasteiger partial charge in [-0.1, -0.05) is 0 Å². The molecule has 1 saturated carbocycles. The molecule has 21 heavy (non-hydrogen) atoms. The van der Waals surface area contributed by atoms with E-state index in [1.165, 1.54) is 7.11 Å². The molecular weight excluding hydrogens is 270 g/mol. The number of amides is 1. The Morgan fingerprint density at radius 1 is 1.43 bits per heavy atom. The van der Waals surface area contributed by atoms with E-state index in [0.717, 1.165) is 32.2 Å². The number of rotatable bonds is 5. The summed E-state index contributed by atoms with van der Waals surface area (Å²) in [5.74, 6) is -0.227. The Balaban J connectivity index is 1.85. The maximum absolute atomic E-state index is 12.1. The van der Waals surface area contributed by atoms with E-state index in [1.807, 2.05) is 4.90 Å². The van der Waals surface area contributed by atoms with E-state index in [-0.39, 0.29) is 30.3 Å². The predicted octanol–water partition coefficient (Wildman–Crippen LogP) is 0.680. The molecule has 0 spiro atoms. The lowest BCUT2D eigenvalue weighted by Crippen LogP contribution is -2.51. The molecule has 0 bridgehead atoms. The Morgan fingerprint density at radius 3 is 2.71 bits per heavy atom. The Labute approximate surface area is 125 Å². The summed E-state index contributed by atoms with van der Waals surface area (Å²) in [6.07, 6.45) is 3.69. The van der Waals surface area contributed by atoms with E-state index in [2.05, 4.69) is 11.4 Å². The van der Waals surface area contributed by atoms with E-state index in [9.17, 15) is 14.9 Å². The van der Waals surface area contributed by atoms with Crippen molar-refractivity contribution in [1.82, 2.24) is 10.2 Å². The van der Waals surface area contributed by atoms with Crippen LogP contribution < -0.4 is 5.32 Å². The van der Waals surface area contributed by atoms with Gasteiger partial charge in [-0.3, -0.25) is 14.5 Å². The molecule has 0 aromatic rings. The van der Waals surface area contributed by atoms with Gasteiger partial charge in [0.2, 0.25) is 5.91 Å². The number of nitrogens with zero attached hydrogens (tertiary/aromatic N) is 2. The maximum atomic E-state index is 12.1. The first-order chi connectivity index (χ1) is 9.98. The summed E-state index contributed by atoms with van der Waals surface area (Å²) in [6, 6.07) is 2.22. The summed E-state index contributed by atoms with van der Waals surface area (Å²) >= 11 is 0. The number of esters is 1. The van der Waals surface area contributed by atoms with Crippen molar-refractivity contribution in [3.05, 3.63) is 0 Å². The fourth-order valence-electron chi connectivity index (χ4n) is 2.97. The average molecular weight is 293 g/mol. The third kappa shape index (κ3) is 3.94. The summed E-state index contributed by atoms with van der Waals surface area (Å²) in [4.78, 5) is 25.7. The van der Waals surface area contributed by atoms with Gasteiger partial charge in [-0.2, -0.15) is 5.26 Å². The summed E-state index contributed by atoms with van der Waals surface area (Å²) in [5.41, 5.74) is -0.755. The second-order valence-corrected chi connectivity index (χ2v) is 6.23. The Morgan fingerprint density at radius 2 is 2.14 bits per heavy atom. The normalized spacial score (nSPS) is 25.5. The van der Waals surface area contributed by atoms with Crippen LogP contribution >= 0.6 is 0 Å². The molecule has 6 nitrogen and oxygen atoms in total. The highest BCUT2D eigenvalue weighted by atomic mass is 16.5. The highest BCUT2D eigenvalue weighted by molar-refractivity contribution is 5.79. The third-order valence-electron chi connectivity index (χ3n) is 4.43. The minimum Gasteiger partial charge on any atom is -0.469 e. The summed E-state index contributed by atoms with van der Waals surface area (Å²) in [7, 11) is 1.39.